The van der Waals surface area contributed by atoms with E-state index in [1.807, 2.05) is 35.2 Å². The molecule has 0 saturated carbocycles. The van der Waals surface area contributed by atoms with Crippen molar-refractivity contribution >= 4 is 49.5 Å². The number of carboxylic acid groups (broad SMARTS) is 2. The predicted octanol–water partition coefficient (Wildman–Crippen LogP) is 1.35. The summed E-state index contributed by atoms with van der Waals surface area (Å²) in [7, 11) is -1.83. The molecule has 40 heavy (non-hydrogen) atoms. The van der Waals surface area contributed by atoms with Crippen molar-refractivity contribution < 1.29 is 33.0 Å². The third-order valence-corrected chi connectivity index (χ3v) is 8.52. The van der Waals surface area contributed by atoms with Crippen molar-refractivity contribution in [1.82, 2.24) is 18.6 Å². The lowest BCUT2D eigenvalue weighted by atomic mass is 10.3. The molecular weight excluding hydrogens is 610 g/mol. The van der Waals surface area contributed by atoms with Gasteiger partial charge in [0.1, 0.15) is 5.69 Å². The van der Waals surface area contributed by atoms with Gasteiger partial charge >= 0.3 is 11.9 Å². The van der Waals surface area contributed by atoms with Gasteiger partial charge in [0.2, 0.25) is 15.9 Å². The molecule has 0 bridgehead atoms. The lowest BCUT2D eigenvalue weighted by Gasteiger charge is -2.33. The number of hydrogen-bond acceptors (Lipinski definition) is 7. The third kappa shape index (κ3) is 7.24. The van der Waals surface area contributed by atoms with Gasteiger partial charge in [0.15, 0.2) is 0 Å². The lowest BCUT2D eigenvalue weighted by molar-refractivity contribution is -0.159. The van der Waals surface area contributed by atoms with Gasteiger partial charge in [-0.1, -0.05) is 40.2 Å². The number of nitrogens with one attached hydrogen (secondary N) is 1. The van der Waals surface area contributed by atoms with Gasteiger partial charge < -0.3 is 15.5 Å². The van der Waals surface area contributed by atoms with Crippen LogP contribution in [0.5, 0.6) is 0 Å². The first-order valence-corrected chi connectivity index (χ1v) is 14.1. The summed E-state index contributed by atoms with van der Waals surface area (Å²) in [5.41, 5.74) is 1.30. The van der Waals surface area contributed by atoms with Gasteiger partial charge in [0.25, 0.3) is 5.56 Å². The number of sulfonamides is 1. The molecular formula is C25H28BrN5O8S. The summed E-state index contributed by atoms with van der Waals surface area (Å²) in [4.78, 5) is 46.0. The molecule has 1 saturated heterocycles. The Labute approximate surface area is 238 Å². The minimum Gasteiger partial charge on any atom is -0.473 e. The molecule has 3 aromatic rings. The Morgan fingerprint density at radius 2 is 1.55 bits per heavy atom. The Kier molecular flexibility index (Phi) is 10.0. The number of benzene rings is 2. The van der Waals surface area contributed by atoms with Crippen LogP contribution in [-0.2, 0) is 31.5 Å². The van der Waals surface area contributed by atoms with Crippen LogP contribution in [0.4, 0.5) is 5.69 Å². The monoisotopic (exact) mass is 637 g/mol. The number of amides is 1. The molecule has 0 atom stereocenters. The van der Waals surface area contributed by atoms with Crippen molar-refractivity contribution in [2.24, 2.45) is 7.05 Å². The van der Waals surface area contributed by atoms with E-state index in [1.165, 1.54) is 8.99 Å². The Morgan fingerprint density at radius 1 is 0.950 bits per heavy atom. The predicted molar refractivity (Wildman–Crippen MR) is 149 cm³/mol. The number of halogens is 1. The number of carbonyl (C=O) groups is 3. The van der Waals surface area contributed by atoms with E-state index < -0.39 is 22.0 Å². The fraction of sp³-hybridized carbons (Fsp3) is 0.280. The smallest absolute Gasteiger partial charge is 0.414 e. The van der Waals surface area contributed by atoms with Crippen molar-refractivity contribution in [3.05, 3.63) is 75.1 Å². The molecule has 2 heterocycles. The van der Waals surface area contributed by atoms with Crippen LogP contribution in [-0.4, -0.2) is 87.8 Å². The van der Waals surface area contributed by atoms with Crippen molar-refractivity contribution in [3.63, 3.8) is 0 Å². The fourth-order valence-corrected chi connectivity index (χ4v) is 6.02. The maximum Gasteiger partial charge on any atom is 0.414 e. The first kappa shape index (κ1) is 30.7. The van der Waals surface area contributed by atoms with Crippen LogP contribution >= 0.6 is 15.9 Å². The number of carbonyl (C=O) groups excluding carboxylic acids is 1. The number of nitrogens with zero attached hydrogens (tertiary/aromatic N) is 4. The maximum atomic E-state index is 13.0. The van der Waals surface area contributed by atoms with Crippen LogP contribution in [0.2, 0.25) is 0 Å². The first-order valence-electron chi connectivity index (χ1n) is 11.9. The molecule has 13 nitrogen and oxygen atoms in total. The second-order valence-electron chi connectivity index (χ2n) is 8.73. The number of hydrogen-bond donors (Lipinski definition) is 3. The number of aromatic nitrogens is 2. The highest BCUT2D eigenvalue weighted by Gasteiger charge is 2.29. The summed E-state index contributed by atoms with van der Waals surface area (Å²) in [6.07, 6.45) is 0. The van der Waals surface area contributed by atoms with E-state index in [0.717, 1.165) is 0 Å². The van der Waals surface area contributed by atoms with Crippen molar-refractivity contribution in [3.8, 4) is 5.69 Å². The molecule has 0 radical (unpaired) electrons. The number of anilines is 1. The number of piperazine rings is 1. The molecule has 0 spiro atoms. The second kappa shape index (κ2) is 13.0. The van der Waals surface area contributed by atoms with E-state index in [2.05, 4.69) is 21.2 Å². The topological polar surface area (TPSA) is 171 Å². The summed E-state index contributed by atoms with van der Waals surface area (Å²) in [5, 5.41) is 17.5. The normalized spacial score (nSPS) is 14.2. The highest BCUT2D eigenvalue weighted by atomic mass is 79.9. The van der Waals surface area contributed by atoms with Crippen LogP contribution < -0.4 is 10.9 Å². The summed E-state index contributed by atoms with van der Waals surface area (Å²) < 4.78 is 31.2. The van der Waals surface area contributed by atoms with Gasteiger partial charge in [-0.15, -0.1) is 0 Å². The molecule has 214 valence electrons. The lowest BCUT2D eigenvalue weighted by Crippen LogP contribution is -2.50. The minimum atomic E-state index is -3.60. The van der Waals surface area contributed by atoms with Gasteiger partial charge in [-0.25, -0.2) is 22.7 Å². The molecule has 1 amide bonds. The average molecular weight is 638 g/mol. The van der Waals surface area contributed by atoms with E-state index in [4.69, 9.17) is 19.8 Å². The third-order valence-electron chi connectivity index (χ3n) is 6.13. The molecule has 1 aromatic heterocycles. The Bertz CT molecular complexity index is 1550. The van der Waals surface area contributed by atoms with Gasteiger partial charge in [0, 0.05) is 37.7 Å². The van der Waals surface area contributed by atoms with E-state index in [-0.39, 0.29) is 41.7 Å². The number of aliphatic carboxylic acids is 2. The Balaban J connectivity index is 0.000000663. The Hall–Kier alpha value is -3.79. The number of rotatable bonds is 6. The largest absolute Gasteiger partial charge is 0.473 e. The van der Waals surface area contributed by atoms with E-state index >= 15 is 0 Å². The van der Waals surface area contributed by atoms with Gasteiger partial charge in [0.05, 0.1) is 22.8 Å². The molecule has 3 N–H and O–H groups in total. The van der Waals surface area contributed by atoms with Crippen molar-refractivity contribution in [2.45, 2.75) is 11.8 Å². The summed E-state index contributed by atoms with van der Waals surface area (Å²) in [6, 6.07) is 15.8. The van der Waals surface area contributed by atoms with Crippen LogP contribution in [0, 0.1) is 6.92 Å². The molecule has 15 heteroatoms. The van der Waals surface area contributed by atoms with E-state index in [0.29, 0.717) is 28.9 Å². The van der Waals surface area contributed by atoms with Crippen LogP contribution in [0.25, 0.3) is 5.69 Å². The first-order chi connectivity index (χ1) is 18.8. The van der Waals surface area contributed by atoms with Gasteiger partial charge in [-0.2, -0.15) is 4.31 Å². The molecule has 0 unspecified atom stereocenters. The average Bonchev–Trinajstić information content (AvgIpc) is 3.12. The summed E-state index contributed by atoms with van der Waals surface area (Å²) >= 11 is 3.31. The number of carboxylic acids is 2. The van der Waals surface area contributed by atoms with E-state index in [1.54, 1.807) is 42.9 Å². The number of para-hydroxylation sites is 1. The summed E-state index contributed by atoms with van der Waals surface area (Å²) in [6.45, 7) is 3.26. The van der Waals surface area contributed by atoms with Crippen molar-refractivity contribution in [1.29, 1.82) is 0 Å². The standard InChI is InChI=1S/C23H26BrN5O4S.C2H2O4/c1-17-22(23(31)29(26(17)2)19-8-4-3-5-9-19)25-21(30)16-27-11-13-28(14-12-27)34(32,33)20-10-6-7-18(24)15-20;3-1(4)2(5)6/h3-10,15H,11-14,16H2,1-2H3,(H,25,30);(H,3,4)(H,5,6). The maximum absolute atomic E-state index is 13.0. The van der Waals surface area contributed by atoms with Crippen molar-refractivity contribution in [2.75, 3.05) is 38.0 Å². The second-order valence-corrected chi connectivity index (χ2v) is 11.6. The molecule has 1 aliphatic rings. The Morgan fingerprint density at radius 3 is 2.10 bits per heavy atom. The van der Waals surface area contributed by atoms with E-state index in [9.17, 15) is 18.0 Å². The molecule has 0 aliphatic carbocycles. The molecule has 2 aromatic carbocycles. The zero-order valence-corrected chi connectivity index (χ0v) is 24.1. The minimum absolute atomic E-state index is 0.0733. The van der Waals surface area contributed by atoms with Crippen LogP contribution in [0.15, 0.2) is 68.8 Å². The summed E-state index contributed by atoms with van der Waals surface area (Å²) in [5.74, 6) is -3.96. The SMILES string of the molecule is Cc1c(NC(=O)CN2CCN(S(=O)(=O)c3cccc(Br)c3)CC2)c(=O)n(-c2ccccc2)n1C.O=C(O)C(=O)O. The fourth-order valence-electron chi connectivity index (χ4n) is 4.00. The molecule has 4 rings (SSSR count). The quantitative estimate of drug-likeness (QED) is 0.337. The molecule has 1 fully saturated rings. The zero-order chi connectivity index (χ0) is 29.6. The highest BCUT2D eigenvalue weighted by molar-refractivity contribution is 9.10. The van der Waals surface area contributed by atoms with Gasteiger partial charge in [-0.3, -0.25) is 19.2 Å². The highest BCUT2D eigenvalue weighted by Crippen LogP contribution is 2.21. The zero-order valence-electron chi connectivity index (χ0n) is 21.7. The van der Waals surface area contributed by atoms with Crippen LogP contribution in [0.1, 0.15) is 5.69 Å². The molecule has 1 aliphatic heterocycles. The van der Waals surface area contributed by atoms with Gasteiger partial charge in [-0.05, 0) is 37.3 Å². The van der Waals surface area contributed by atoms with Crippen LogP contribution in [0.3, 0.4) is 0 Å².